The fraction of sp³-hybridized carbons (Fsp3) is 0.333. The van der Waals surface area contributed by atoms with Crippen molar-refractivity contribution >= 4 is 15.9 Å². The minimum Gasteiger partial charge on any atom is -0.386 e. The lowest BCUT2D eigenvalue weighted by molar-refractivity contribution is 0.0616. The van der Waals surface area contributed by atoms with Crippen LogP contribution >= 0.6 is 15.9 Å². The third-order valence-corrected chi connectivity index (χ3v) is 2.35. The van der Waals surface area contributed by atoms with E-state index in [0.717, 1.165) is 0 Å². The molecule has 0 aliphatic rings. The van der Waals surface area contributed by atoms with Gasteiger partial charge in [-0.1, -0.05) is 22.0 Å². The molecule has 0 aliphatic heterocycles. The Labute approximate surface area is 84.5 Å². The largest absolute Gasteiger partial charge is 0.386 e. The van der Waals surface area contributed by atoms with Gasteiger partial charge in [0.25, 0.3) is 0 Å². The molecule has 1 rings (SSSR count). The Kier molecular flexibility index (Phi) is 3.84. The first-order chi connectivity index (χ1) is 6.16. The molecule has 0 fully saturated rings. The Bertz CT molecular complexity index is 271. The van der Waals surface area contributed by atoms with Crippen LogP contribution in [0.15, 0.2) is 22.7 Å². The van der Waals surface area contributed by atoms with E-state index in [2.05, 4.69) is 15.9 Å². The molecule has 0 amide bonds. The van der Waals surface area contributed by atoms with Crippen molar-refractivity contribution in [3.63, 3.8) is 0 Å². The zero-order chi connectivity index (χ0) is 9.84. The van der Waals surface area contributed by atoms with Crippen LogP contribution in [-0.2, 0) is 4.74 Å². The summed E-state index contributed by atoms with van der Waals surface area (Å²) in [5.74, 6) is -0.432. The number of benzene rings is 1. The van der Waals surface area contributed by atoms with Crippen molar-refractivity contribution in [1.82, 2.24) is 0 Å². The molecule has 0 spiro atoms. The van der Waals surface area contributed by atoms with E-state index in [0.29, 0.717) is 4.47 Å². The highest BCUT2D eigenvalue weighted by molar-refractivity contribution is 9.10. The highest BCUT2D eigenvalue weighted by atomic mass is 79.9. The second-order valence-electron chi connectivity index (χ2n) is 2.61. The summed E-state index contributed by atoms with van der Waals surface area (Å²) >= 11 is 3.16. The minimum absolute atomic E-state index is 0.0829. The van der Waals surface area contributed by atoms with E-state index >= 15 is 0 Å². The predicted octanol–water partition coefficient (Wildman–Crippen LogP) is 2.27. The number of hydrogen-bond acceptors (Lipinski definition) is 2. The van der Waals surface area contributed by atoms with Gasteiger partial charge in [-0.05, 0) is 12.1 Å². The van der Waals surface area contributed by atoms with Gasteiger partial charge in [-0.25, -0.2) is 4.39 Å². The topological polar surface area (TPSA) is 29.5 Å². The Morgan fingerprint density at radius 3 is 2.85 bits per heavy atom. The molecule has 0 radical (unpaired) electrons. The van der Waals surface area contributed by atoms with Gasteiger partial charge < -0.3 is 9.84 Å². The number of aliphatic hydroxyl groups is 1. The maximum Gasteiger partial charge on any atom is 0.130 e. The summed E-state index contributed by atoms with van der Waals surface area (Å²) in [6, 6.07) is 4.55. The van der Waals surface area contributed by atoms with E-state index in [1.54, 1.807) is 12.1 Å². The first-order valence-corrected chi connectivity index (χ1v) is 4.57. The first-order valence-electron chi connectivity index (χ1n) is 3.77. The third kappa shape index (κ3) is 2.49. The van der Waals surface area contributed by atoms with Gasteiger partial charge in [-0.2, -0.15) is 0 Å². The zero-order valence-electron chi connectivity index (χ0n) is 7.13. The lowest BCUT2D eigenvalue weighted by Gasteiger charge is -2.12. The number of rotatable bonds is 3. The Balaban J connectivity index is 2.98. The van der Waals surface area contributed by atoms with E-state index in [1.807, 2.05) is 0 Å². The van der Waals surface area contributed by atoms with Gasteiger partial charge in [0.05, 0.1) is 6.61 Å². The molecule has 1 unspecified atom stereocenters. The second kappa shape index (κ2) is 4.69. The molecule has 13 heavy (non-hydrogen) atoms. The van der Waals surface area contributed by atoms with Gasteiger partial charge in [0.1, 0.15) is 11.9 Å². The monoisotopic (exact) mass is 248 g/mol. The van der Waals surface area contributed by atoms with Crippen LogP contribution in [0.4, 0.5) is 4.39 Å². The average Bonchev–Trinajstić information content (AvgIpc) is 2.04. The Morgan fingerprint density at radius 2 is 2.31 bits per heavy atom. The van der Waals surface area contributed by atoms with Crippen LogP contribution in [-0.4, -0.2) is 18.8 Å². The molecule has 0 aromatic heterocycles. The van der Waals surface area contributed by atoms with Crippen LogP contribution in [0.2, 0.25) is 0 Å². The maximum atomic E-state index is 13.2. The third-order valence-electron chi connectivity index (χ3n) is 1.66. The smallest absolute Gasteiger partial charge is 0.130 e. The van der Waals surface area contributed by atoms with Crippen molar-refractivity contribution in [3.05, 3.63) is 34.1 Å². The molecule has 0 saturated heterocycles. The van der Waals surface area contributed by atoms with Gasteiger partial charge in [-0.15, -0.1) is 0 Å². The van der Waals surface area contributed by atoms with E-state index in [4.69, 9.17) is 4.74 Å². The van der Waals surface area contributed by atoms with Crippen LogP contribution in [0, 0.1) is 5.82 Å². The molecule has 0 aliphatic carbocycles. The lowest BCUT2D eigenvalue weighted by Crippen LogP contribution is -2.08. The van der Waals surface area contributed by atoms with Crippen molar-refractivity contribution in [2.75, 3.05) is 13.7 Å². The predicted molar refractivity (Wildman–Crippen MR) is 50.9 cm³/mol. The summed E-state index contributed by atoms with van der Waals surface area (Å²) in [5.41, 5.74) is 0.240. The fourth-order valence-electron chi connectivity index (χ4n) is 1.07. The highest BCUT2D eigenvalue weighted by Gasteiger charge is 2.15. The molecule has 0 bridgehead atoms. The molecular formula is C9H10BrFO2. The van der Waals surface area contributed by atoms with Gasteiger partial charge in [0.15, 0.2) is 0 Å². The summed E-state index contributed by atoms with van der Waals surface area (Å²) in [7, 11) is 1.46. The van der Waals surface area contributed by atoms with Crippen LogP contribution in [0.1, 0.15) is 11.7 Å². The summed E-state index contributed by atoms with van der Waals surface area (Å²) in [5, 5.41) is 9.49. The number of methoxy groups -OCH3 is 1. The quantitative estimate of drug-likeness (QED) is 0.890. The SMILES string of the molecule is COCC(O)c1c(F)cccc1Br. The van der Waals surface area contributed by atoms with Crippen molar-refractivity contribution in [1.29, 1.82) is 0 Å². The fourth-order valence-corrected chi connectivity index (χ4v) is 1.68. The van der Waals surface area contributed by atoms with Crippen molar-refractivity contribution in [2.45, 2.75) is 6.10 Å². The maximum absolute atomic E-state index is 13.2. The van der Waals surface area contributed by atoms with E-state index in [1.165, 1.54) is 13.2 Å². The molecule has 72 valence electrons. The van der Waals surface area contributed by atoms with Gasteiger partial charge in [0.2, 0.25) is 0 Å². The second-order valence-corrected chi connectivity index (χ2v) is 3.46. The molecule has 1 atom stereocenters. The van der Waals surface area contributed by atoms with Crippen LogP contribution < -0.4 is 0 Å². The van der Waals surface area contributed by atoms with E-state index in [9.17, 15) is 9.50 Å². The molecule has 2 nitrogen and oxygen atoms in total. The average molecular weight is 249 g/mol. The van der Waals surface area contributed by atoms with Gasteiger partial charge in [-0.3, -0.25) is 0 Å². The van der Waals surface area contributed by atoms with E-state index < -0.39 is 11.9 Å². The number of hydrogen-bond donors (Lipinski definition) is 1. The first kappa shape index (κ1) is 10.6. The summed E-state index contributed by atoms with van der Waals surface area (Å²) < 4.78 is 18.5. The molecule has 0 saturated carbocycles. The molecule has 1 N–H and O–H groups in total. The van der Waals surface area contributed by atoms with Crippen LogP contribution in [0.25, 0.3) is 0 Å². The minimum atomic E-state index is -0.930. The number of halogens is 2. The van der Waals surface area contributed by atoms with Crippen LogP contribution in [0.3, 0.4) is 0 Å². The van der Waals surface area contributed by atoms with E-state index in [-0.39, 0.29) is 12.2 Å². The highest BCUT2D eigenvalue weighted by Crippen LogP contribution is 2.26. The van der Waals surface area contributed by atoms with Crippen LogP contribution in [0.5, 0.6) is 0 Å². The van der Waals surface area contributed by atoms with Crippen molar-refractivity contribution < 1.29 is 14.2 Å². The van der Waals surface area contributed by atoms with Gasteiger partial charge in [0, 0.05) is 17.1 Å². The Hall–Kier alpha value is -0.450. The molecule has 4 heteroatoms. The van der Waals surface area contributed by atoms with Crippen molar-refractivity contribution in [2.24, 2.45) is 0 Å². The number of ether oxygens (including phenoxy) is 1. The summed E-state index contributed by atoms with van der Waals surface area (Å²) in [6.45, 7) is 0.0829. The molecule has 1 aromatic carbocycles. The normalized spacial score (nSPS) is 12.9. The van der Waals surface area contributed by atoms with Crippen molar-refractivity contribution in [3.8, 4) is 0 Å². The standard InChI is InChI=1S/C9H10BrFO2/c1-13-5-8(12)9-6(10)3-2-4-7(9)11/h2-4,8,12H,5H2,1H3. The Morgan fingerprint density at radius 1 is 1.62 bits per heavy atom. The number of aliphatic hydroxyl groups excluding tert-OH is 1. The molecule has 0 heterocycles. The molecule has 1 aromatic rings. The lowest BCUT2D eigenvalue weighted by atomic mass is 10.1. The summed E-state index contributed by atoms with van der Waals surface area (Å²) in [6.07, 6.45) is -0.930. The van der Waals surface area contributed by atoms with Gasteiger partial charge >= 0.3 is 0 Å². The molecular weight excluding hydrogens is 239 g/mol. The zero-order valence-corrected chi connectivity index (χ0v) is 8.71. The summed E-state index contributed by atoms with van der Waals surface area (Å²) in [4.78, 5) is 0.